The number of hydrogen-bond acceptors (Lipinski definition) is 5. The van der Waals surface area contributed by atoms with E-state index in [1.54, 1.807) is 6.92 Å². The van der Waals surface area contributed by atoms with E-state index >= 15 is 0 Å². The van der Waals surface area contributed by atoms with Crippen molar-refractivity contribution in [2.45, 2.75) is 20.4 Å². The topological polar surface area (TPSA) is 80.9 Å². The highest BCUT2D eigenvalue weighted by Gasteiger charge is 2.10. The Bertz CT molecular complexity index is 522. The number of nitrogens with one attached hydrogen (secondary N) is 1. The maximum atomic E-state index is 11.7. The molecule has 88 valence electrons. The van der Waals surface area contributed by atoms with Gasteiger partial charge in [-0.15, -0.1) is 0 Å². The molecule has 1 amide bonds. The molecule has 0 atom stereocenters. The van der Waals surface area contributed by atoms with Crippen molar-refractivity contribution >= 4 is 5.91 Å². The predicted octanol–water partition coefficient (Wildman–Crippen LogP) is 1.01. The first-order chi connectivity index (χ1) is 8.16. The molecular formula is C11H12N4O2. The fourth-order valence-corrected chi connectivity index (χ4v) is 1.40. The number of carbonyl (C=O) groups is 1. The lowest BCUT2D eigenvalue weighted by molar-refractivity contribution is 0.0942. The van der Waals surface area contributed by atoms with Gasteiger partial charge in [0.2, 0.25) is 0 Å². The van der Waals surface area contributed by atoms with E-state index in [1.165, 1.54) is 18.6 Å². The molecule has 0 saturated heterocycles. The molecule has 0 aliphatic heterocycles. The van der Waals surface area contributed by atoms with Gasteiger partial charge in [0.05, 0.1) is 18.4 Å². The molecule has 2 aromatic rings. The van der Waals surface area contributed by atoms with Gasteiger partial charge in [0, 0.05) is 19.3 Å². The van der Waals surface area contributed by atoms with Crippen molar-refractivity contribution in [3.05, 3.63) is 41.6 Å². The van der Waals surface area contributed by atoms with Gasteiger partial charge >= 0.3 is 0 Å². The van der Waals surface area contributed by atoms with Crippen LogP contribution in [0.1, 0.15) is 27.8 Å². The van der Waals surface area contributed by atoms with Crippen LogP contribution in [0.4, 0.5) is 0 Å². The summed E-state index contributed by atoms with van der Waals surface area (Å²) >= 11 is 0. The van der Waals surface area contributed by atoms with Crippen LogP contribution in [0.5, 0.6) is 0 Å². The van der Waals surface area contributed by atoms with Gasteiger partial charge in [0.15, 0.2) is 5.89 Å². The number of oxazole rings is 1. The van der Waals surface area contributed by atoms with Gasteiger partial charge in [-0.05, 0) is 6.92 Å². The Morgan fingerprint density at radius 1 is 1.41 bits per heavy atom. The number of rotatable bonds is 3. The molecule has 0 spiro atoms. The molecule has 0 aliphatic rings. The summed E-state index contributed by atoms with van der Waals surface area (Å²) < 4.78 is 5.34. The minimum absolute atomic E-state index is 0.279. The van der Waals surface area contributed by atoms with Crippen molar-refractivity contribution in [1.29, 1.82) is 0 Å². The smallest absolute Gasteiger partial charge is 0.271 e. The van der Waals surface area contributed by atoms with Gasteiger partial charge in [-0.25, -0.2) is 9.97 Å². The van der Waals surface area contributed by atoms with Gasteiger partial charge in [0.1, 0.15) is 11.5 Å². The second-order valence-electron chi connectivity index (χ2n) is 3.51. The second-order valence-corrected chi connectivity index (χ2v) is 3.51. The highest BCUT2D eigenvalue weighted by atomic mass is 16.4. The van der Waals surface area contributed by atoms with E-state index in [1.807, 2.05) is 6.92 Å². The van der Waals surface area contributed by atoms with E-state index < -0.39 is 0 Å². The normalized spacial score (nSPS) is 10.2. The van der Waals surface area contributed by atoms with Crippen molar-refractivity contribution < 1.29 is 9.21 Å². The quantitative estimate of drug-likeness (QED) is 0.854. The summed E-state index contributed by atoms with van der Waals surface area (Å²) in [7, 11) is 0. The summed E-state index contributed by atoms with van der Waals surface area (Å²) in [5, 5.41) is 2.69. The van der Waals surface area contributed by atoms with Crippen molar-refractivity contribution in [2.75, 3.05) is 0 Å². The third kappa shape index (κ3) is 2.66. The second kappa shape index (κ2) is 4.73. The average Bonchev–Trinajstić information content (AvgIpc) is 2.66. The largest absolute Gasteiger partial charge is 0.444 e. The monoisotopic (exact) mass is 232 g/mol. The van der Waals surface area contributed by atoms with Gasteiger partial charge in [-0.1, -0.05) is 0 Å². The van der Waals surface area contributed by atoms with Crippen molar-refractivity contribution in [3.63, 3.8) is 0 Å². The van der Waals surface area contributed by atoms with E-state index in [4.69, 9.17) is 4.42 Å². The Labute approximate surface area is 98.1 Å². The van der Waals surface area contributed by atoms with Crippen LogP contribution < -0.4 is 5.32 Å². The first kappa shape index (κ1) is 11.3. The minimum atomic E-state index is -0.286. The molecular weight excluding hydrogens is 220 g/mol. The Morgan fingerprint density at radius 2 is 2.24 bits per heavy atom. The van der Waals surface area contributed by atoms with E-state index in [0.29, 0.717) is 18.2 Å². The molecule has 6 heteroatoms. The van der Waals surface area contributed by atoms with Crippen LogP contribution in [0.2, 0.25) is 0 Å². The van der Waals surface area contributed by atoms with E-state index in [0.717, 1.165) is 5.69 Å². The summed E-state index contributed by atoms with van der Waals surface area (Å²) in [5.41, 5.74) is 1.06. The maximum absolute atomic E-state index is 11.7. The van der Waals surface area contributed by atoms with Crippen LogP contribution in [-0.2, 0) is 6.54 Å². The summed E-state index contributed by atoms with van der Waals surface area (Å²) in [6.07, 6.45) is 4.40. The number of carbonyl (C=O) groups excluding carboxylic acids is 1. The zero-order valence-corrected chi connectivity index (χ0v) is 9.60. The molecule has 0 fully saturated rings. The zero-order chi connectivity index (χ0) is 12.3. The third-order valence-corrected chi connectivity index (χ3v) is 2.20. The summed E-state index contributed by atoms with van der Waals surface area (Å²) in [5.74, 6) is 0.956. The number of nitrogens with zero attached hydrogens (tertiary/aromatic N) is 3. The lowest BCUT2D eigenvalue weighted by atomic mass is 10.3. The molecule has 6 nitrogen and oxygen atoms in total. The molecule has 17 heavy (non-hydrogen) atoms. The lowest BCUT2D eigenvalue weighted by Crippen LogP contribution is -2.24. The lowest BCUT2D eigenvalue weighted by Gasteiger charge is -2.01. The molecule has 1 N–H and O–H groups in total. The molecule has 0 bridgehead atoms. The number of aryl methyl sites for hydroxylation is 2. The highest BCUT2D eigenvalue weighted by molar-refractivity contribution is 5.91. The fraction of sp³-hybridized carbons (Fsp3) is 0.273. The molecule has 0 saturated carbocycles. The molecule has 0 radical (unpaired) electrons. The van der Waals surface area contributed by atoms with Crippen molar-refractivity contribution in [3.8, 4) is 0 Å². The summed E-state index contributed by atoms with van der Waals surface area (Å²) in [4.78, 5) is 23.5. The van der Waals surface area contributed by atoms with E-state index in [9.17, 15) is 4.79 Å². The number of amides is 1. The standard InChI is InChI=1S/C11H12N4O2/c1-7-10(17-8(2)15-7)6-14-11(16)9-5-12-3-4-13-9/h3-5H,6H2,1-2H3,(H,14,16). The first-order valence-electron chi connectivity index (χ1n) is 5.14. The van der Waals surface area contributed by atoms with E-state index in [2.05, 4.69) is 20.3 Å². The minimum Gasteiger partial charge on any atom is -0.444 e. The third-order valence-electron chi connectivity index (χ3n) is 2.20. The van der Waals surface area contributed by atoms with Gasteiger partial charge in [-0.3, -0.25) is 9.78 Å². The molecule has 0 aliphatic carbocycles. The number of aromatic nitrogens is 3. The summed E-state index contributed by atoms with van der Waals surface area (Å²) in [6, 6.07) is 0. The maximum Gasteiger partial charge on any atom is 0.271 e. The molecule has 0 aromatic carbocycles. The van der Waals surface area contributed by atoms with Crippen LogP contribution >= 0.6 is 0 Å². The molecule has 2 aromatic heterocycles. The molecule has 0 unspecified atom stereocenters. The van der Waals surface area contributed by atoms with Crippen molar-refractivity contribution in [2.24, 2.45) is 0 Å². The van der Waals surface area contributed by atoms with Crippen LogP contribution in [-0.4, -0.2) is 20.9 Å². The molecule has 2 heterocycles. The fourth-order valence-electron chi connectivity index (χ4n) is 1.40. The Hall–Kier alpha value is -2.24. The van der Waals surface area contributed by atoms with Gasteiger partial charge in [0.25, 0.3) is 5.91 Å². The van der Waals surface area contributed by atoms with Crippen LogP contribution in [0.3, 0.4) is 0 Å². The Morgan fingerprint density at radius 3 is 2.82 bits per heavy atom. The Balaban J connectivity index is 1.99. The average molecular weight is 232 g/mol. The zero-order valence-electron chi connectivity index (χ0n) is 9.60. The van der Waals surface area contributed by atoms with Crippen molar-refractivity contribution in [1.82, 2.24) is 20.3 Å². The van der Waals surface area contributed by atoms with Crippen LogP contribution in [0, 0.1) is 13.8 Å². The number of hydrogen-bond donors (Lipinski definition) is 1. The van der Waals surface area contributed by atoms with Crippen LogP contribution in [0.15, 0.2) is 23.0 Å². The highest BCUT2D eigenvalue weighted by Crippen LogP contribution is 2.08. The Kier molecular flexibility index (Phi) is 3.13. The summed E-state index contributed by atoms with van der Waals surface area (Å²) in [6.45, 7) is 3.89. The van der Waals surface area contributed by atoms with Gasteiger partial charge < -0.3 is 9.73 Å². The van der Waals surface area contributed by atoms with Gasteiger partial charge in [-0.2, -0.15) is 0 Å². The van der Waals surface area contributed by atoms with Crippen LogP contribution in [0.25, 0.3) is 0 Å². The SMILES string of the molecule is Cc1nc(C)c(CNC(=O)c2cnccn2)o1. The van der Waals surface area contributed by atoms with E-state index in [-0.39, 0.29) is 11.6 Å². The first-order valence-corrected chi connectivity index (χ1v) is 5.14. The predicted molar refractivity (Wildman–Crippen MR) is 59.2 cm³/mol. The molecule has 2 rings (SSSR count).